The number of hydrogen-bond donors (Lipinski definition) is 0. The van der Waals surface area contributed by atoms with Crippen molar-refractivity contribution in [3.8, 4) is 5.75 Å². The molecule has 1 heterocycles. The average Bonchev–Trinajstić information content (AvgIpc) is 2.69. The molecule has 25 heavy (non-hydrogen) atoms. The Hall–Kier alpha value is -2.64. The Bertz CT molecular complexity index is 908. The highest BCUT2D eigenvalue weighted by molar-refractivity contribution is 7.77. The predicted molar refractivity (Wildman–Crippen MR) is 103 cm³/mol. The minimum Gasteiger partial charge on any atom is -0.492 e. The van der Waals surface area contributed by atoms with Gasteiger partial charge in [-0.2, -0.15) is 0 Å². The molecular weight excluding hydrogens is 329 g/mol. The van der Waals surface area contributed by atoms with Crippen LogP contribution in [-0.4, -0.2) is 12.3 Å². The number of benzene rings is 3. The fraction of sp³-hybridized carbons (Fsp3) is 0.0952. The molecule has 0 bridgehead atoms. The maximum atomic E-state index is 14.1. The molecule has 0 radical (unpaired) electrons. The van der Waals surface area contributed by atoms with E-state index in [0.717, 1.165) is 27.6 Å². The van der Waals surface area contributed by atoms with Crippen LogP contribution in [0.5, 0.6) is 5.75 Å². The van der Waals surface area contributed by atoms with Crippen LogP contribution in [0.25, 0.3) is 0 Å². The molecule has 0 saturated heterocycles. The summed E-state index contributed by atoms with van der Waals surface area (Å²) in [7, 11) is -3.12. The molecule has 1 aliphatic heterocycles. The van der Waals surface area contributed by atoms with E-state index in [0.29, 0.717) is 13.0 Å². The summed E-state index contributed by atoms with van der Waals surface area (Å²) in [6.45, 7) is 0.555. The van der Waals surface area contributed by atoms with Crippen molar-refractivity contribution in [2.24, 2.45) is 4.76 Å². The molecule has 4 heteroatoms. The first-order valence-corrected chi connectivity index (χ1v) is 9.96. The molecule has 0 spiro atoms. The molecule has 4 rings (SSSR count). The van der Waals surface area contributed by atoms with E-state index >= 15 is 0 Å². The first-order valence-electron chi connectivity index (χ1n) is 8.30. The summed E-state index contributed by atoms with van der Waals surface area (Å²) in [6.07, 6.45) is 0.653. The number of fused-ring (bicyclic) bond motifs is 1. The zero-order valence-corrected chi connectivity index (χ0v) is 14.6. The smallest absolute Gasteiger partial charge is 0.247 e. The summed E-state index contributed by atoms with van der Waals surface area (Å²) < 4.78 is 24.6. The molecule has 0 aromatic heterocycles. The first-order chi connectivity index (χ1) is 12.3. The zero-order valence-electron chi connectivity index (χ0n) is 13.7. The fourth-order valence-electron chi connectivity index (χ4n) is 3.02. The molecule has 3 nitrogen and oxygen atoms in total. The van der Waals surface area contributed by atoms with Crippen molar-refractivity contribution in [3.63, 3.8) is 0 Å². The Morgan fingerprint density at radius 2 is 1.32 bits per heavy atom. The van der Waals surface area contributed by atoms with Crippen LogP contribution >= 0.6 is 7.29 Å². The fourth-order valence-corrected chi connectivity index (χ4v) is 5.25. The summed E-state index contributed by atoms with van der Waals surface area (Å²) >= 11 is 0. The molecule has 124 valence electrons. The molecular formula is C21H18NO2P. The molecule has 0 atom stereocenters. The lowest BCUT2D eigenvalue weighted by Gasteiger charge is -2.22. The molecule has 0 unspecified atom stereocenters. The van der Waals surface area contributed by atoms with Gasteiger partial charge >= 0.3 is 0 Å². The van der Waals surface area contributed by atoms with Gasteiger partial charge in [-0.3, -0.25) is 4.57 Å². The summed E-state index contributed by atoms with van der Waals surface area (Å²) in [5.74, 6) is 0.806. The topological polar surface area (TPSA) is 38.7 Å². The Morgan fingerprint density at radius 1 is 0.760 bits per heavy atom. The first kappa shape index (κ1) is 15.9. The maximum Gasteiger partial charge on any atom is 0.247 e. The van der Waals surface area contributed by atoms with Crippen LogP contribution in [0.15, 0.2) is 89.7 Å². The van der Waals surface area contributed by atoms with Crippen molar-refractivity contribution in [1.82, 2.24) is 0 Å². The van der Waals surface area contributed by atoms with Crippen molar-refractivity contribution < 1.29 is 9.30 Å². The van der Waals surface area contributed by atoms with Crippen molar-refractivity contribution in [2.75, 3.05) is 6.61 Å². The third kappa shape index (κ3) is 3.04. The number of rotatable bonds is 3. The summed E-state index contributed by atoms with van der Waals surface area (Å²) in [6, 6.07) is 26.9. The van der Waals surface area contributed by atoms with E-state index in [4.69, 9.17) is 9.50 Å². The van der Waals surface area contributed by atoms with Gasteiger partial charge < -0.3 is 4.74 Å². The van der Waals surface area contributed by atoms with Crippen LogP contribution in [-0.2, 0) is 4.57 Å². The van der Waals surface area contributed by atoms with E-state index in [1.165, 1.54) is 0 Å². The van der Waals surface area contributed by atoms with Crippen molar-refractivity contribution in [1.29, 1.82) is 0 Å². The van der Waals surface area contributed by atoms with E-state index in [1.54, 1.807) is 0 Å². The lowest BCUT2D eigenvalue weighted by Crippen LogP contribution is -2.20. The average molecular weight is 347 g/mol. The van der Waals surface area contributed by atoms with Crippen molar-refractivity contribution in [3.05, 3.63) is 90.5 Å². The Morgan fingerprint density at radius 3 is 1.96 bits per heavy atom. The van der Waals surface area contributed by atoms with Gasteiger partial charge in [0, 0.05) is 22.6 Å². The third-order valence-electron chi connectivity index (χ3n) is 4.27. The van der Waals surface area contributed by atoms with Crippen LogP contribution in [0, 0.1) is 0 Å². The summed E-state index contributed by atoms with van der Waals surface area (Å²) in [5, 5.41) is 1.50. The van der Waals surface area contributed by atoms with E-state index in [2.05, 4.69) is 0 Å². The second kappa shape index (κ2) is 6.70. The SMILES string of the molecule is O=P(N=C1CCOc2ccccc21)(c1ccccc1)c1ccccc1. The molecule has 0 N–H and O–H groups in total. The molecule has 0 aliphatic carbocycles. The van der Waals surface area contributed by atoms with Crippen LogP contribution in [0.3, 0.4) is 0 Å². The predicted octanol–water partition coefficient (Wildman–Crippen LogP) is 4.19. The highest BCUT2D eigenvalue weighted by atomic mass is 31.2. The Balaban J connectivity index is 1.91. The van der Waals surface area contributed by atoms with E-state index < -0.39 is 7.29 Å². The third-order valence-corrected chi connectivity index (χ3v) is 6.79. The van der Waals surface area contributed by atoms with E-state index in [9.17, 15) is 4.57 Å². The highest BCUT2D eigenvalue weighted by Crippen LogP contribution is 2.46. The Labute approximate surface area is 147 Å². The van der Waals surface area contributed by atoms with Gasteiger partial charge in [-0.1, -0.05) is 48.5 Å². The lowest BCUT2D eigenvalue weighted by atomic mass is 10.0. The largest absolute Gasteiger partial charge is 0.492 e. The number of ether oxygens (including phenoxy) is 1. The van der Waals surface area contributed by atoms with Gasteiger partial charge in [-0.05, 0) is 36.4 Å². The van der Waals surface area contributed by atoms with Gasteiger partial charge in [0.05, 0.1) is 12.3 Å². The molecule has 0 fully saturated rings. The molecule has 1 aliphatic rings. The monoisotopic (exact) mass is 347 g/mol. The maximum absolute atomic E-state index is 14.1. The lowest BCUT2D eigenvalue weighted by molar-refractivity contribution is 0.320. The van der Waals surface area contributed by atoms with Gasteiger partial charge in [0.15, 0.2) is 0 Å². The Kier molecular flexibility index (Phi) is 4.25. The molecule has 0 saturated carbocycles. The number of para-hydroxylation sites is 1. The van der Waals surface area contributed by atoms with Crippen LogP contribution in [0.4, 0.5) is 0 Å². The standard InChI is InChI=1S/C21H18NO2P/c23-25(17-9-3-1-4-10-17,18-11-5-2-6-12-18)22-20-15-16-24-21-14-8-7-13-19(20)21/h1-14H,15-16H2. The van der Waals surface area contributed by atoms with Crippen LogP contribution in [0.2, 0.25) is 0 Å². The van der Waals surface area contributed by atoms with E-state index in [1.807, 2.05) is 84.9 Å². The van der Waals surface area contributed by atoms with Gasteiger partial charge in [0.2, 0.25) is 7.29 Å². The van der Waals surface area contributed by atoms with Crippen LogP contribution < -0.4 is 15.3 Å². The van der Waals surface area contributed by atoms with E-state index in [-0.39, 0.29) is 0 Å². The summed E-state index contributed by atoms with van der Waals surface area (Å²) in [5.41, 5.74) is 1.78. The van der Waals surface area contributed by atoms with Gasteiger partial charge in [0.1, 0.15) is 5.75 Å². The molecule has 3 aromatic carbocycles. The minimum atomic E-state index is -3.12. The van der Waals surface area contributed by atoms with Crippen LogP contribution in [0.1, 0.15) is 12.0 Å². The minimum absolute atomic E-state index is 0.555. The highest BCUT2D eigenvalue weighted by Gasteiger charge is 2.28. The quantitative estimate of drug-likeness (QED) is 0.667. The zero-order chi connectivity index (χ0) is 17.1. The van der Waals surface area contributed by atoms with Gasteiger partial charge in [-0.15, -0.1) is 0 Å². The molecule has 3 aromatic rings. The number of nitrogens with zero attached hydrogens (tertiary/aromatic N) is 1. The number of hydrogen-bond acceptors (Lipinski definition) is 2. The van der Waals surface area contributed by atoms with Crippen molar-refractivity contribution in [2.45, 2.75) is 6.42 Å². The summed E-state index contributed by atoms with van der Waals surface area (Å²) in [4.78, 5) is 0. The van der Waals surface area contributed by atoms with Gasteiger partial charge in [-0.25, -0.2) is 4.76 Å². The second-order valence-corrected chi connectivity index (χ2v) is 8.27. The molecule has 0 amide bonds. The normalized spacial score (nSPS) is 15.4. The van der Waals surface area contributed by atoms with Gasteiger partial charge in [0.25, 0.3) is 0 Å². The van der Waals surface area contributed by atoms with Crippen molar-refractivity contribution >= 4 is 23.6 Å². The second-order valence-electron chi connectivity index (χ2n) is 5.89.